The third-order valence-electron chi connectivity index (χ3n) is 1.64. The summed E-state index contributed by atoms with van der Waals surface area (Å²) in [5.41, 5.74) is 1.14. The first-order chi connectivity index (χ1) is 4.77. The van der Waals surface area contributed by atoms with Crippen LogP contribution in [0.15, 0.2) is 0 Å². The number of aromatic nitrogens is 2. The molecule has 0 saturated heterocycles. The van der Waals surface area contributed by atoms with Gasteiger partial charge in [-0.15, -0.1) is 0 Å². The van der Waals surface area contributed by atoms with Gasteiger partial charge in [-0.2, -0.15) is 9.54 Å². The molecule has 0 spiro atoms. The molecular formula is C6H7N2OP. The lowest BCUT2D eigenvalue weighted by molar-refractivity contribution is 0.0934. The van der Waals surface area contributed by atoms with Crippen molar-refractivity contribution >= 4 is 14.3 Å². The van der Waals surface area contributed by atoms with Gasteiger partial charge in [0.05, 0.1) is 5.69 Å². The Kier molecular flexibility index (Phi) is 1.15. The number of hydrogen-bond donors (Lipinski definition) is 0. The van der Waals surface area contributed by atoms with Crippen LogP contribution < -0.4 is 0 Å². The van der Waals surface area contributed by atoms with E-state index in [-0.39, 0.29) is 5.91 Å². The standard InChI is InChI=1S/C6H7N2OP/c1-4(9)8-7-5-2-3-6(5)10-8/h2-3H2,1H3. The molecule has 1 aliphatic rings. The van der Waals surface area contributed by atoms with E-state index in [9.17, 15) is 4.79 Å². The van der Waals surface area contributed by atoms with Gasteiger partial charge in [0.2, 0.25) is 5.91 Å². The molecule has 0 amide bonds. The van der Waals surface area contributed by atoms with Gasteiger partial charge in [-0.3, -0.25) is 4.79 Å². The van der Waals surface area contributed by atoms with Crippen molar-refractivity contribution in [2.45, 2.75) is 19.8 Å². The first-order valence-corrected chi connectivity index (χ1v) is 4.08. The van der Waals surface area contributed by atoms with E-state index in [4.69, 9.17) is 0 Å². The van der Waals surface area contributed by atoms with Crippen molar-refractivity contribution in [1.29, 1.82) is 0 Å². The van der Waals surface area contributed by atoms with Crippen molar-refractivity contribution in [3.63, 3.8) is 0 Å². The number of nitrogens with zero attached hydrogens (tertiary/aromatic N) is 2. The lowest BCUT2D eigenvalue weighted by Crippen LogP contribution is -2.07. The number of aryl methyl sites for hydroxylation is 2. The first kappa shape index (κ1) is 6.05. The Hall–Kier alpha value is -0.690. The van der Waals surface area contributed by atoms with E-state index in [0.717, 1.165) is 26.9 Å². The van der Waals surface area contributed by atoms with Crippen LogP contribution in [0.2, 0.25) is 0 Å². The molecule has 2 rings (SSSR count). The molecule has 0 aliphatic heterocycles. The van der Waals surface area contributed by atoms with Crippen LogP contribution in [0.5, 0.6) is 0 Å². The molecule has 0 bridgehead atoms. The van der Waals surface area contributed by atoms with Crippen LogP contribution in [-0.4, -0.2) is 15.5 Å². The second-order valence-corrected chi connectivity index (χ2v) is 3.52. The van der Waals surface area contributed by atoms with Gasteiger partial charge in [0, 0.05) is 20.6 Å². The fourth-order valence-corrected chi connectivity index (χ4v) is 1.96. The molecule has 10 heavy (non-hydrogen) atoms. The van der Waals surface area contributed by atoms with Crippen LogP contribution in [0, 0.1) is 0 Å². The Morgan fingerprint density at radius 2 is 2.50 bits per heavy atom. The number of fused-ring (bicyclic) bond motifs is 1. The molecule has 0 fully saturated rings. The predicted octanol–water partition coefficient (Wildman–Crippen LogP) is 1.22. The zero-order valence-corrected chi connectivity index (χ0v) is 6.56. The first-order valence-electron chi connectivity index (χ1n) is 3.23. The minimum atomic E-state index is 0.0380. The average molecular weight is 154 g/mol. The van der Waals surface area contributed by atoms with Gasteiger partial charge < -0.3 is 0 Å². The Bertz CT molecular complexity index is 270. The second-order valence-electron chi connectivity index (χ2n) is 2.40. The Morgan fingerprint density at radius 3 is 2.80 bits per heavy atom. The minimum absolute atomic E-state index is 0.0380. The molecule has 0 radical (unpaired) electrons. The van der Waals surface area contributed by atoms with E-state index in [1.165, 1.54) is 9.74 Å². The monoisotopic (exact) mass is 154 g/mol. The maximum absolute atomic E-state index is 10.8. The van der Waals surface area contributed by atoms with Crippen molar-refractivity contribution in [3.8, 4) is 0 Å². The van der Waals surface area contributed by atoms with Crippen molar-refractivity contribution in [2.75, 3.05) is 0 Å². The molecule has 1 heterocycles. The maximum Gasteiger partial charge on any atom is 0.247 e. The summed E-state index contributed by atoms with van der Waals surface area (Å²) < 4.78 is 1.51. The fraction of sp³-hybridized carbons (Fsp3) is 0.500. The van der Waals surface area contributed by atoms with Crippen LogP contribution in [0.3, 0.4) is 0 Å². The molecule has 3 nitrogen and oxygen atoms in total. The van der Waals surface area contributed by atoms with Crippen molar-refractivity contribution in [3.05, 3.63) is 11.0 Å². The normalized spacial score (nSPS) is 14.9. The Morgan fingerprint density at radius 1 is 1.70 bits per heavy atom. The molecule has 0 saturated carbocycles. The van der Waals surface area contributed by atoms with Crippen LogP contribution in [0.4, 0.5) is 0 Å². The van der Waals surface area contributed by atoms with Crippen LogP contribution in [-0.2, 0) is 12.8 Å². The molecular weight excluding hydrogens is 147 g/mol. The summed E-state index contributed by atoms with van der Waals surface area (Å²) in [6.45, 7) is 1.54. The summed E-state index contributed by atoms with van der Waals surface area (Å²) in [6.07, 6.45) is 2.19. The highest BCUT2D eigenvalue weighted by Crippen LogP contribution is 2.28. The summed E-state index contributed by atoms with van der Waals surface area (Å²) in [5.74, 6) is 0.0380. The van der Waals surface area contributed by atoms with Gasteiger partial charge in [0.1, 0.15) is 0 Å². The van der Waals surface area contributed by atoms with Crippen LogP contribution >= 0.6 is 8.35 Å². The van der Waals surface area contributed by atoms with Gasteiger partial charge in [-0.1, -0.05) is 0 Å². The molecule has 0 aromatic carbocycles. The molecule has 52 valence electrons. The van der Waals surface area contributed by atoms with E-state index in [2.05, 4.69) is 5.10 Å². The zero-order valence-electron chi connectivity index (χ0n) is 5.66. The SMILES string of the molecule is CC(=O)n1nc2c(p1)CC2. The molecule has 0 unspecified atom stereocenters. The summed E-state index contributed by atoms with van der Waals surface area (Å²) in [6, 6.07) is 0. The zero-order chi connectivity index (χ0) is 7.14. The van der Waals surface area contributed by atoms with E-state index in [0.29, 0.717) is 0 Å². The third-order valence-corrected chi connectivity index (χ3v) is 2.93. The number of carbonyl (C=O) groups is 1. The summed E-state index contributed by atoms with van der Waals surface area (Å²) in [5, 5.41) is 5.44. The number of rotatable bonds is 0. The third kappa shape index (κ3) is 0.706. The highest BCUT2D eigenvalue weighted by molar-refractivity contribution is 7.27. The molecule has 1 aromatic heterocycles. The highest BCUT2D eigenvalue weighted by Gasteiger charge is 2.19. The summed E-state index contributed by atoms with van der Waals surface area (Å²) >= 11 is 0. The van der Waals surface area contributed by atoms with E-state index in [1.807, 2.05) is 0 Å². The minimum Gasteiger partial charge on any atom is -0.273 e. The van der Waals surface area contributed by atoms with Crippen LogP contribution in [0.1, 0.15) is 22.7 Å². The van der Waals surface area contributed by atoms with Crippen molar-refractivity contribution in [1.82, 2.24) is 9.54 Å². The summed E-state index contributed by atoms with van der Waals surface area (Å²) in [4.78, 5) is 10.8. The summed E-state index contributed by atoms with van der Waals surface area (Å²) in [7, 11) is 0.992. The molecule has 4 heteroatoms. The van der Waals surface area contributed by atoms with Gasteiger partial charge in [-0.25, -0.2) is 0 Å². The largest absolute Gasteiger partial charge is 0.273 e. The molecule has 1 aromatic rings. The van der Waals surface area contributed by atoms with Gasteiger partial charge in [0.25, 0.3) is 0 Å². The molecule has 0 N–H and O–H groups in total. The lowest BCUT2D eigenvalue weighted by Gasteiger charge is -2.06. The fourth-order valence-electron chi connectivity index (χ4n) is 0.956. The molecule has 1 aliphatic carbocycles. The maximum atomic E-state index is 10.8. The number of carbonyl (C=O) groups excluding carboxylic acids is 1. The lowest BCUT2D eigenvalue weighted by atomic mass is 10.1. The second kappa shape index (κ2) is 1.89. The van der Waals surface area contributed by atoms with E-state index >= 15 is 0 Å². The van der Waals surface area contributed by atoms with Crippen molar-refractivity contribution < 1.29 is 4.79 Å². The van der Waals surface area contributed by atoms with Gasteiger partial charge in [-0.05, 0) is 12.8 Å². The number of hydrogen-bond acceptors (Lipinski definition) is 2. The average Bonchev–Trinajstić information content (AvgIpc) is 2.09. The predicted molar refractivity (Wildman–Crippen MR) is 38.4 cm³/mol. The Balaban J connectivity index is 2.46. The van der Waals surface area contributed by atoms with Crippen LogP contribution in [0.25, 0.3) is 0 Å². The highest BCUT2D eigenvalue weighted by atomic mass is 31.0. The Labute approximate surface area is 60.2 Å². The quantitative estimate of drug-likeness (QED) is 0.563. The smallest absolute Gasteiger partial charge is 0.247 e. The molecule has 0 atom stereocenters. The van der Waals surface area contributed by atoms with E-state index < -0.39 is 0 Å². The van der Waals surface area contributed by atoms with Crippen molar-refractivity contribution in [2.24, 2.45) is 0 Å². The van der Waals surface area contributed by atoms with Gasteiger partial charge >= 0.3 is 0 Å². The van der Waals surface area contributed by atoms with Gasteiger partial charge in [0.15, 0.2) is 0 Å². The van der Waals surface area contributed by atoms with E-state index in [1.54, 1.807) is 6.92 Å². The topological polar surface area (TPSA) is 34.9 Å².